The second-order valence-corrected chi connectivity index (χ2v) is 6.51. The highest BCUT2D eigenvalue weighted by Crippen LogP contribution is 2.28. The molecule has 29 heavy (non-hydrogen) atoms. The number of para-hydroxylation sites is 1. The third kappa shape index (κ3) is 4.34. The highest BCUT2D eigenvalue weighted by atomic mass is 16.6. The van der Waals surface area contributed by atoms with E-state index in [1.54, 1.807) is 39.3 Å². The predicted molar refractivity (Wildman–Crippen MR) is 107 cm³/mol. The van der Waals surface area contributed by atoms with Crippen LogP contribution in [0.4, 0.5) is 0 Å². The Hall–Kier alpha value is -3.48. The zero-order valence-electron chi connectivity index (χ0n) is 16.8. The van der Waals surface area contributed by atoms with Crippen molar-refractivity contribution >= 4 is 22.8 Å². The van der Waals surface area contributed by atoms with Crippen molar-refractivity contribution in [2.45, 2.75) is 26.5 Å². The normalized spacial score (nSPS) is 11.7. The van der Waals surface area contributed by atoms with Crippen LogP contribution in [0.2, 0.25) is 0 Å². The van der Waals surface area contributed by atoms with Crippen LogP contribution in [0.5, 0.6) is 11.5 Å². The molecular formula is C22H23NO6. The number of carbonyl (C=O) groups excluding carboxylic acids is 2. The van der Waals surface area contributed by atoms with E-state index >= 15 is 0 Å². The van der Waals surface area contributed by atoms with Crippen molar-refractivity contribution in [1.29, 1.82) is 0 Å². The van der Waals surface area contributed by atoms with Gasteiger partial charge in [-0.15, -0.1) is 0 Å². The van der Waals surface area contributed by atoms with Gasteiger partial charge in [-0.3, -0.25) is 4.79 Å². The summed E-state index contributed by atoms with van der Waals surface area (Å²) in [5.41, 5.74) is 2.11. The SMILES string of the molecule is COc1ccc(CNC(=O)[C@@H](C)OC(=O)c2oc3ccccc3c2C)cc1OC. The van der Waals surface area contributed by atoms with E-state index in [1.807, 2.05) is 24.3 Å². The molecule has 0 saturated carbocycles. The maximum absolute atomic E-state index is 12.5. The minimum absolute atomic E-state index is 0.103. The fourth-order valence-electron chi connectivity index (χ4n) is 2.96. The fraction of sp³-hybridized carbons (Fsp3) is 0.273. The smallest absolute Gasteiger partial charge is 0.375 e. The van der Waals surface area contributed by atoms with Crippen molar-refractivity contribution in [3.63, 3.8) is 0 Å². The summed E-state index contributed by atoms with van der Waals surface area (Å²) in [5, 5.41) is 3.58. The van der Waals surface area contributed by atoms with Gasteiger partial charge in [-0.25, -0.2) is 4.79 Å². The maximum Gasteiger partial charge on any atom is 0.375 e. The first kappa shape index (κ1) is 20.3. The molecule has 2 aromatic carbocycles. The molecule has 3 rings (SSSR count). The van der Waals surface area contributed by atoms with Crippen LogP contribution in [0.15, 0.2) is 46.9 Å². The first-order valence-electron chi connectivity index (χ1n) is 9.12. The topological polar surface area (TPSA) is 87.0 Å². The average Bonchev–Trinajstić information content (AvgIpc) is 3.08. The molecule has 0 fully saturated rings. The Morgan fingerprint density at radius 1 is 1.07 bits per heavy atom. The second-order valence-electron chi connectivity index (χ2n) is 6.51. The molecule has 7 heteroatoms. The van der Waals surface area contributed by atoms with E-state index in [0.29, 0.717) is 22.6 Å². The zero-order chi connectivity index (χ0) is 21.0. The molecule has 0 spiro atoms. The molecule has 0 bridgehead atoms. The maximum atomic E-state index is 12.5. The van der Waals surface area contributed by atoms with Gasteiger partial charge in [0.15, 0.2) is 17.6 Å². The molecule has 1 N–H and O–H groups in total. The van der Waals surface area contributed by atoms with Gasteiger partial charge in [0.2, 0.25) is 5.76 Å². The van der Waals surface area contributed by atoms with E-state index in [0.717, 1.165) is 10.9 Å². The zero-order valence-corrected chi connectivity index (χ0v) is 16.8. The van der Waals surface area contributed by atoms with Gasteiger partial charge in [0.05, 0.1) is 14.2 Å². The second kappa shape index (κ2) is 8.68. The molecule has 7 nitrogen and oxygen atoms in total. The van der Waals surface area contributed by atoms with Gasteiger partial charge in [0.25, 0.3) is 5.91 Å². The number of carbonyl (C=O) groups is 2. The summed E-state index contributed by atoms with van der Waals surface area (Å²) in [5.74, 6) is 0.185. The van der Waals surface area contributed by atoms with Gasteiger partial charge in [0, 0.05) is 17.5 Å². The quantitative estimate of drug-likeness (QED) is 0.613. The van der Waals surface area contributed by atoms with E-state index in [2.05, 4.69) is 5.32 Å². The largest absolute Gasteiger partial charge is 0.493 e. The van der Waals surface area contributed by atoms with Gasteiger partial charge < -0.3 is 23.9 Å². The first-order valence-corrected chi connectivity index (χ1v) is 9.12. The van der Waals surface area contributed by atoms with Crippen LogP contribution < -0.4 is 14.8 Å². The van der Waals surface area contributed by atoms with Crippen LogP contribution in [0.3, 0.4) is 0 Å². The molecule has 3 aromatic rings. The number of ether oxygens (including phenoxy) is 3. The van der Waals surface area contributed by atoms with Gasteiger partial charge in [-0.1, -0.05) is 24.3 Å². The lowest BCUT2D eigenvalue weighted by Gasteiger charge is -2.14. The molecule has 1 atom stereocenters. The minimum atomic E-state index is -0.977. The van der Waals surface area contributed by atoms with Crippen LogP contribution in [0.25, 0.3) is 11.0 Å². The number of hydrogen-bond donors (Lipinski definition) is 1. The Morgan fingerprint density at radius 3 is 2.48 bits per heavy atom. The molecule has 0 saturated heterocycles. The molecule has 0 aliphatic heterocycles. The van der Waals surface area contributed by atoms with Crippen molar-refractivity contribution < 1.29 is 28.2 Å². The Morgan fingerprint density at radius 2 is 1.79 bits per heavy atom. The average molecular weight is 397 g/mol. The number of benzene rings is 2. The van der Waals surface area contributed by atoms with Crippen LogP contribution >= 0.6 is 0 Å². The third-order valence-corrected chi connectivity index (χ3v) is 4.60. The minimum Gasteiger partial charge on any atom is -0.493 e. The van der Waals surface area contributed by atoms with Crippen LogP contribution in [0, 0.1) is 6.92 Å². The van der Waals surface area contributed by atoms with Crippen molar-refractivity contribution in [3.8, 4) is 11.5 Å². The lowest BCUT2D eigenvalue weighted by atomic mass is 10.1. The van der Waals surface area contributed by atoms with Crippen LogP contribution in [-0.2, 0) is 16.1 Å². The van der Waals surface area contributed by atoms with Crippen LogP contribution in [-0.4, -0.2) is 32.2 Å². The molecule has 1 aromatic heterocycles. The highest BCUT2D eigenvalue weighted by molar-refractivity contribution is 5.97. The fourth-order valence-corrected chi connectivity index (χ4v) is 2.96. The highest BCUT2D eigenvalue weighted by Gasteiger charge is 2.24. The number of hydrogen-bond acceptors (Lipinski definition) is 6. The molecule has 1 heterocycles. The number of rotatable bonds is 7. The van der Waals surface area contributed by atoms with E-state index in [9.17, 15) is 9.59 Å². The molecule has 1 amide bonds. The van der Waals surface area contributed by atoms with Gasteiger partial charge in [-0.2, -0.15) is 0 Å². The summed E-state index contributed by atoms with van der Waals surface area (Å²) in [6.45, 7) is 3.55. The summed E-state index contributed by atoms with van der Waals surface area (Å²) < 4.78 is 21.3. The van der Waals surface area contributed by atoms with Crippen molar-refractivity contribution in [2.75, 3.05) is 14.2 Å². The summed E-state index contributed by atoms with van der Waals surface area (Å²) in [7, 11) is 3.10. The Kier molecular flexibility index (Phi) is 6.07. The summed E-state index contributed by atoms with van der Waals surface area (Å²) >= 11 is 0. The number of furan rings is 1. The van der Waals surface area contributed by atoms with Crippen molar-refractivity contribution in [3.05, 3.63) is 59.4 Å². The number of aryl methyl sites for hydroxylation is 1. The lowest BCUT2D eigenvalue weighted by Crippen LogP contribution is -2.35. The summed E-state index contributed by atoms with van der Waals surface area (Å²) in [6, 6.07) is 12.7. The Balaban J connectivity index is 1.61. The molecule has 0 aliphatic rings. The Bertz CT molecular complexity index is 1040. The number of nitrogens with one attached hydrogen (secondary N) is 1. The van der Waals surface area contributed by atoms with E-state index in [4.69, 9.17) is 18.6 Å². The predicted octanol–water partition coefficient (Wildman–Crippen LogP) is 3.62. The monoisotopic (exact) mass is 397 g/mol. The van der Waals surface area contributed by atoms with Crippen molar-refractivity contribution in [1.82, 2.24) is 5.32 Å². The number of methoxy groups -OCH3 is 2. The van der Waals surface area contributed by atoms with E-state index in [-0.39, 0.29) is 12.3 Å². The summed E-state index contributed by atoms with van der Waals surface area (Å²) in [6.07, 6.45) is -0.977. The van der Waals surface area contributed by atoms with E-state index < -0.39 is 18.0 Å². The van der Waals surface area contributed by atoms with Gasteiger partial charge in [0.1, 0.15) is 5.58 Å². The Labute approximate surface area is 168 Å². The van der Waals surface area contributed by atoms with Gasteiger partial charge >= 0.3 is 5.97 Å². The van der Waals surface area contributed by atoms with Gasteiger partial charge in [-0.05, 0) is 37.6 Å². The first-order chi connectivity index (χ1) is 13.9. The molecule has 0 aliphatic carbocycles. The molecule has 0 radical (unpaired) electrons. The van der Waals surface area contributed by atoms with Crippen molar-refractivity contribution in [2.24, 2.45) is 0 Å². The third-order valence-electron chi connectivity index (χ3n) is 4.60. The van der Waals surface area contributed by atoms with Crippen LogP contribution in [0.1, 0.15) is 28.6 Å². The summed E-state index contributed by atoms with van der Waals surface area (Å²) in [4.78, 5) is 24.8. The number of esters is 1. The molecular weight excluding hydrogens is 374 g/mol. The van der Waals surface area contributed by atoms with E-state index in [1.165, 1.54) is 6.92 Å². The molecule has 0 unspecified atom stereocenters. The number of amides is 1. The standard InChI is InChI=1S/C22H23NO6/c1-13-16-7-5-6-8-17(16)29-20(13)22(25)28-14(2)21(24)23-12-15-9-10-18(26-3)19(11-15)27-4/h5-11,14H,12H2,1-4H3,(H,23,24)/t14-/m1/s1. The number of fused-ring (bicyclic) bond motifs is 1. The molecule has 152 valence electrons. The lowest BCUT2D eigenvalue weighted by molar-refractivity contribution is -0.129.